The fourth-order valence-electron chi connectivity index (χ4n) is 2.22. The van der Waals surface area contributed by atoms with E-state index in [0.29, 0.717) is 0 Å². The lowest BCUT2D eigenvalue weighted by Crippen LogP contribution is -2.44. The van der Waals surface area contributed by atoms with Gasteiger partial charge in [-0.15, -0.1) is 0 Å². The van der Waals surface area contributed by atoms with Crippen molar-refractivity contribution in [3.63, 3.8) is 0 Å². The van der Waals surface area contributed by atoms with Crippen molar-refractivity contribution in [2.45, 2.75) is 53.5 Å². The normalized spacial score (nSPS) is 20.1. The van der Waals surface area contributed by atoms with Gasteiger partial charge in [0.2, 0.25) is 0 Å². The van der Waals surface area contributed by atoms with Crippen LogP contribution in [0.2, 0.25) is 0 Å². The maximum Gasteiger partial charge on any atom is 0.0165 e. The van der Waals surface area contributed by atoms with Gasteiger partial charge in [0.1, 0.15) is 0 Å². The summed E-state index contributed by atoms with van der Waals surface area (Å²) in [5, 5.41) is 3.75. The first-order valence-electron chi connectivity index (χ1n) is 7.58. The van der Waals surface area contributed by atoms with Crippen molar-refractivity contribution < 1.29 is 0 Å². The zero-order chi connectivity index (χ0) is 13.5. The summed E-state index contributed by atoms with van der Waals surface area (Å²) in [6, 6.07) is 0.745. The monoisotopic (exact) mass is 252 g/mol. The Kier molecular flexibility index (Phi) is 6.95. The van der Waals surface area contributed by atoms with Crippen molar-refractivity contribution in [1.82, 2.24) is 10.2 Å². The third-order valence-corrected chi connectivity index (χ3v) is 4.21. The molecule has 1 saturated heterocycles. The van der Waals surface area contributed by atoms with E-state index in [9.17, 15) is 0 Å². The van der Waals surface area contributed by atoms with Crippen LogP contribution in [0.5, 0.6) is 0 Å². The Morgan fingerprint density at radius 3 is 2.33 bits per heavy atom. The first-order chi connectivity index (χ1) is 8.49. The molecule has 1 atom stereocenters. The second-order valence-corrected chi connectivity index (χ2v) is 6.49. The van der Waals surface area contributed by atoms with E-state index in [2.05, 4.69) is 50.9 Å². The van der Waals surface area contributed by atoms with Crippen LogP contribution in [0.3, 0.4) is 0 Å². The fourth-order valence-corrected chi connectivity index (χ4v) is 2.22. The molecule has 0 aliphatic carbocycles. The van der Waals surface area contributed by atoms with Gasteiger partial charge in [0.25, 0.3) is 0 Å². The van der Waals surface area contributed by atoms with Crippen LogP contribution >= 0.6 is 0 Å². The molecule has 0 radical (unpaired) electrons. The van der Waals surface area contributed by atoms with Gasteiger partial charge in [-0.25, -0.2) is 0 Å². The maximum atomic E-state index is 3.75. The van der Waals surface area contributed by atoms with Crippen LogP contribution in [-0.4, -0.2) is 37.1 Å². The van der Waals surface area contributed by atoms with Crippen LogP contribution in [-0.2, 0) is 0 Å². The molecule has 1 fully saturated rings. The first kappa shape index (κ1) is 15.7. The average molecular weight is 252 g/mol. The Morgan fingerprint density at radius 1 is 1.22 bits per heavy atom. The molecule has 106 valence electrons. The van der Waals surface area contributed by atoms with Crippen LogP contribution in [0.15, 0.2) is 11.6 Å². The molecule has 0 spiro atoms. The molecule has 0 bridgehead atoms. The van der Waals surface area contributed by atoms with Gasteiger partial charge in [-0.3, -0.25) is 4.90 Å². The smallest absolute Gasteiger partial charge is 0.0165 e. The second kappa shape index (κ2) is 7.96. The number of hydrogen-bond acceptors (Lipinski definition) is 2. The molecular weight excluding hydrogens is 220 g/mol. The highest BCUT2D eigenvalue weighted by Crippen LogP contribution is 2.13. The number of likely N-dealkylation sites (tertiary alicyclic amines) is 1. The largest absolute Gasteiger partial charge is 0.314 e. The standard InChI is InChI=1S/C16H32N2/c1-13(2)6-9-18-10-7-16(8-11-18)17-12-15(5)14(3)4/h6,14-17H,7-12H2,1-5H3. The zero-order valence-corrected chi connectivity index (χ0v) is 13.0. The van der Waals surface area contributed by atoms with E-state index in [1.165, 1.54) is 38.0 Å². The first-order valence-corrected chi connectivity index (χ1v) is 7.58. The molecule has 1 heterocycles. The summed E-state index contributed by atoms with van der Waals surface area (Å²) >= 11 is 0. The predicted octanol–water partition coefficient (Wildman–Crippen LogP) is 3.30. The third-order valence-electron chi connectivity index (χ3n) is 4.21. The summed E-state index contributed by atoms with van der Waals surface area (Å²) in [6.07, 6.45) is 4.96. The van der Waals surface area contributed by atoms with Gasteiger partial charge in [0.15, 0.2) is 0 Å². The Bertz CT molecular complexity index is 246. The van der Waals surface area contributed by atoms with Gasteiger partial charge < -0.3 is 5.32 Å². The molecule has 2 nitrogen and oxygen atoms in total. The molecule has 0 aromatic carbocycles. The van der Waals surface area contributed by atoms with Crippen molar-refractivity contribution in [2.75, 3.05) is 26.2 Å². The van der Waals surface area contributed by atoms with E-state index in [4.69, 9.17) is 0 Å². The van der Waals surface area contributed by atoms with Crippen molar-refractivity contribution in [3.8, 4) is 0 Å². The van der Waals surface area contributed by atoms with Gasteiger partial charge >= 0.3 is 0 Å². The van der Waals surface area contributed by atoms with Crippen molar-refractivity contribution in [3.05, 3.63) is 11.6 Å². The Hall–Kier alpha value is -0.340. The van der Waals surface area contributed by atoms with Gasteiger partial charge in [-0.1, -0.05) is 32.4 Å². The number of hydrogen-bond donors (Lipinski definition) is 1. The highest BCUT2D eigenvalue weighted by Gasteiger charge is 2.18. The molecule has 18 heavy (non-hydrogen) atoms. The quantitative estimate of drug-likeness (QED) is 0.730. The molecule has 0 aromatic rings. The minimum absolute atomic E-state index is 0.745. The summed E-state index contributed by atoms with van der Waals surface area (Å²) in [5.41, 5.74) is 1.43. The summed E-state index contributed by atoms with van der Waals surface area (Å²) in [7, 11) is 0. The van der Waals surface area contributed by atoms with Crippen molar-refractivity contribution in [2.24, 2.45) is 11.8 Å². The van der Waals surface area contributed by atoms with Crippen LogP contribution in [0, 0.1) is 11.8 Å². The number of allylic oxidation sites excluding steroid dienone is 1. The number of nitrogens with one attached hydrogen (secondary N) is 1. The minimum Gasteiger partial charge on any atom is -0.314 e. The van der Waals surface area contributed by atoms with E-state index >= 15 is 0 Å². The molecule has 1 aliphatic rings. The number of rotatable bonds is 6. The Labute approximate surface area is 114 Å². The summed E-state index contributed by atoms with van der Waals surface area (Å²) in [6.45, 7) is 16.1. The molecule has 1 N–H and O–H groups in total. The van der Waals surface area contributed by atoms with Gasteiger partial charge in [-0.2, -0.15) is 0 Å². The van der Waals surface area contributed by atoms with E-state index in [1.54, 1.807) is 0 Å². The summed E-state index contributed by atoms with van der Waals surface area (Å²) in [5.74, 6) is 1.57. The third kappa shape index (κ3) is 6.01. The van der Waals surface area contributed by atoms with E-state index in [1.807, 2.05) is 0 Å². The van der Waals surface area contributed by atoms with Crippen LogP contribution < -0.4 is 5.32 Å². The summed E-state index contributed by atoms with van der Waals surface area (Å²) in [4.78, 5) is 2.57. The molecular formula is C16H32N2. The van der Waals surface area contributed by atoms with Crippen LogP contribution in [0.1, 0.15) is 47.5 Å². The topological polar surface area (TPSA) is 15.3 Å². The van der Waals surface area contributed by atoms with E-state index < -0.39 is 0 Å². The molecule has 1 aliphatic heterocycles. The Balaban J connectivity index is 2.17. The SMILES string of the molecule is CC(C)=CCN1CCC(NCC(C)C(C)C)CC1. The summed E-state index contributed by atoms with van der Waals surface area (Å²) < 4.78 is 0. The minimum atomic E-state index is 0.745. The molecule has 0 saturated carbocycles. The Morgan fingerprint density at radius 2 is 1.83 bits per heavy atom. The van der Waals surface area contributed by atoms with E-state index in [0.717, 1.165) is 24.4 Å². The predicted molar refractivity (Wildman–Crippen MR) is 80.9 cm³/mol. The van der Waals surface area contributed by atoms with Crippen molar-refractivity contribution in [1.29, 1.82) is 0 Å². The van der Waals surface area contributed by atoms with Gasteiger partial charge in [-0.05, 0) is 58.2 Å². The molecule has 2 heteroatoms. The van der Waals surface area contributed by atoms with Crippen molar-refractivity contribution >= 4 is 0 Å². The molecule has 0 amide bonds. The second-order valence-electron chi connectivity index (χ2n) is 6.49. The zero-order valence-electron chi connectivity index (χ0n) is 13.0. The van der Waals surface area contributed by atoms with E-state index in [-0.39, 0.29) is 0 Å². The number of nitrogens with zero attached hydrogens (tertiary/aromatic N) is 1. The van der Waals surface area contributed by atoms with Crippen LogP contribution in [0.25, 0.3) is 0 Å². The van der Waals surface area contributed by atoms with Crippen LogP contribution in [0.4, 0.5) is 0 Å². The highest BCUT2D eigenvalue weighted by atomic mass is 15.1. The molecule has 1 unspecified atom stereocenters. The lowest BCUT2D eigenvalue weighted by Gasteiger charge is -2.32. The highest BCUT2D eigenvalue weighted by molar-refractivity contribution is 4.95. The lowest BCUT2D eigenvalue weighted by molar-refractivity contribution is 0.208. The number of piperidine rings is 1. The van der Waals surface area contributed by atoms with Gasteiger partial charge in [0.05, 0.1) is 0 Å². The fraction of sp³-hybridized carbons (Fsp3) is 0.875. The molecule has 0 aromatic heterocycles. The van der Waals surface area contributed by atoms with Gasteiger partial charge in [0, 0.05) is 12.6 Å². The molecule has 1 rings (SSSR count). The maximum absolute atomic E-state index is 3.75. The average Bonchev–Trinajstić information content (AvgIpc) is 2.34. The lowest BCUT2D eigenvalue weighted by atomic mass is 9.97.